The summed E-state index contributed by atoms with van der Waals surface area (Å²) in [7, 11) is 0. The molecule has 1 aliphatic carbocycles. The number of hydrogen-bond donors (Lipinski definition) is 3. The molecule has 0 bridgehead atoms. The van der Waals surface area contributed by atoms with Gasteiger partial charge in [0, 0.05) is 13.1 Å². The minimum Gasteiger partial charge on any atom is -0.390 e. The van der Waals surface area contributed by atoms with E-state index in [1.165, 1.54) is 38.5 Å². The number of aliphatic hydroxyl groups excluding tert-OH is 2. The maximum atomic E-state index is 9.88. The summed E-state index contributed by atoms with van der Waals surface area (Å²) in [6.45, 7) is 1.41. The van der Waals surface area contributed by atoms with Crippen LogP contribution in [-0.2, 0) is 0 Å². The lowest BCUT2D eigenvalue weighted by Crippen LogP contribution is -2.50. The normalized spacial score (nSPS) is 37.5. The van der Waals surface area contributed by atoms with Crippen LogP contribution in [0.5, 0.6) is 0 Å². The molecule has 2 aliphatic rings. The zero-order valence-electron chi connectivity index (χ0n) is 10.1. The maximum Gasteiger partial charge on any atom is 0.0926 e. The molecule has 1 heterocycles. The molecule has 3 N–H and O–H groups in total. The SMILES string of the molecule is O[C@@H]1[C@@H](CCC2CCCCC2)CNC[C@H]1O. The van der Waals surface area contributed by atoms with Crippen LogP contribution in [0.25, 0.3) is 0 Å². The molecule has 1 saturated carbocycles. The Balaban J connectivity index is 1.71. The Kier molecular flexibility index (Phi) is 4.62. The van der Waals surface area contributed by atoms with Gasteiger partial charge in [-0.05, 0) is 18.3 Å². The minimum absolute atomic E-state index is 0.255. The number of nitrogens with one attached hydrogen (secondary N) is 1. The van der Waals surface area contributed by atoms with E-state index in [1.54, 1.807) is 0 Å². The smallest absolute Gasteiger partial charge is 0.0926 e. The molecule has 1 saturated heterocycles. The van der Waals surface area contributed by atoms with Gasteiger partial charge in [-0.1, -0.05) is 38.5 Å². The molecule has 3 nitrogen and oxygen atoms in total. The van der Waals surface area contributed by atoms with Crippen molar-refractivity contribution >= 4 is 0 Å². The Morgan fingerprint density at radius 1 is 0.938 bits per heavy atom. The average Bonchev–Trinajstić information content (AvgIpc) is 2.32. The van der Waals surface area contributed by atoms with E-state index in [0.717, 1.165) is 18.9 Å². The topological polar surface area (TPSA) is 52.5 Å². The van der Waals surface area contributed by atoms with Crippen molar-refractivity contribution in [2.45, 2.75) is 57.2 Å². The molecule has 0 amide bonds. The van der Waals surface area contributed by atoms with Gasteiger partial charge in [0.1, 0.15) is 0 Å². The summed E-state index contributed by atoms with van der Waals surface area (Å²) < 4.78 is 0. The molecular formula is C13H25NO2. The van der Waals surface area contributed by atoms with Gasteiger partial charge in [-0.2, -0.15) is 0 Å². The fraction of sp³-hybridized carbons (Fsp3) is 1.00. The van der Waals surface area contributed by atoms with E-state index in [-0.39, 0.29) is 5.92 Å². The summed E-state index contributed by atoms with van der Waals surface area (Å²) in [5, 5.41) is 22.6. The Morgan fingerprint density at radius 2 is 1.69 bits per heavy atom. The molecule has 16 heavy (non-hydrogen) atoms. The third-order valence-corrected chi connectivity index (χ3v) is 4.31. The molecule has 1 aliphatic heterocycles. The van der Waals surface area contributed by atoms with Crippen molar-refractivity contribution in [3.63, 3.8) is 0 Å². The van der Waals surface area contributed by atoms with E-state index in [0.29, 0.717) is 6.54 Å². The van der Waals surface area contributed by atoms with Gasteiger partial charge in [0.05, 0.1) is 12.2 Å². The summed E-state index contributed by atoms with van der Waals surface area (Å²) in [5.41, 5.74) is 0. The van der Waals surface area contributed by atoms with Gasteiger partial charge in [-0.3, -0.25) is 0 Å². The van der Waals surface area contributed by atoms with Crippen molar-refractivity contribution in [3.8, 4) is 0 Å². The molecule has 0 aromatic rings. The average molecular weight is 227 g/mol. The largest absolute Gasteiger partial charge is 0.390 e. The number of piperidine rings is 1. The van der Waals surface area contributed by atoms with Gasteiger partial charge < -0.3 is 15.5 Å². The first kappa shape index (κ1) is 12.3. The molecule has 0 aromatic heterocycles. The monoisotopic (exact) mass is 227 g/mol. The van der Waals surface area contributed by atoms with Crippen LogP contribution in [0.3, 0.4) is 0 Å². The lowest BCUT2D eigenvalue weighted by atomic mass is 9.81. The highest BCUT2D eigenvalue weighted by Gasteiger charge is 2.30. The third kappa shape index (κ3) is 3.19. The summed E-state index contributed by atoms with van der Waals surface area (Å²) in [5.74, 6) is 1.13. The van der Waals surface area contributed by atoms with Crippen LogP contribution in [0.4, 0.5) is 0 Å². The highest BCUT2D eigenvalue weighted by molar-refractivity contribution is 4.84. The molecule has 3 atom stereocenters. The second kappa shape index (κ2) is 5.99. The number of β-amino-alcohol motifs (C(OH)–C–C–N with tert-alkyl or cyclic N) is 1. The van der Waals surface area contributed by atoms with Crippen molar-refractivity contribution in [3.05, 3.63) is 0 Å². The highest BCUT2D eigenvalue weighted by Crippen LogP contribution is 2.29. The van der Waals surface area contributed by atoms with Crippen LogP contribution in [-0.4, -0.2) is 35.5 Å². The van der Waals surface area contributed by atoms with Crippen LogP contribution < -0.4 is 5.32 Å². The molecule has 94 valence electrons. The predicted octanol–water partition coefficient (Wildman–Crippen LogP) is 1.29. The van der Waals surface area contributed by atoms with Gasteiger partial charge in [-0.25, -0.2) is 0 Å². The van der Waals surface area contributed by atoms with E-state index >= 15 is 0 Å². The fourth-order valence-corrected chi connectivity index (χ4v) is 3.17. The standard InChI is InChI=1S/C13H25NO2/c15-12-9-14-8-11(13(12)16)7-6-10-4-2-1-3-5-10/h10-16H,1-9H2/t11-,12+,13+/m0/s1. The van der Waals surface area contributed by atoms with Gasteiger partial charge in [0.15, 0.2) is 0 Å². The molecule has 2 rings (SSSR count). The van der Waals surface area contributed by atoms with E-state index in [9.17, 15) is 10.2 Å². The Labute approximate surface area is 98.2 Å². The van der Waals surface area contributed by atoms with Gasteiger partial charge in [-0.15, -0.1) is 0 Å². The third-order valence-electron chi connectivity index (χ3n) is 4.31. The van der Waals surface area contributed by atoms with Gasteiger partial charge in [0.25, 0.3) is 0 Å². The number of rotatable bonds is 3. The van der Waals surface area contributed by atoms with Crippen molar-refractivity contribution in [1.82, 2.24) is 5.32 Å². The first-order chi connectivity index (χ1) is 7.77. The van der Waals surface area contributed by atoms with E-state index in [4.69, 9.17) is 0 Å². The summed E-state index contributed by atoms with van der Waals surface area (Å²) in [6, 6.07) is 0. The quantitative estimate of drug-likeness (QED) is 0.681. The van der Waals surface area contributed by atoms with Crippen molar-refractivity contribution in [2.75, 3.05) is 13.1 Å². The van der Waals surface area contributed by atoms with E-state index < -0.39 is 12.2 Å². The van der Waals surface area contributed by atoms with Crippen molar-refractivity contribution < 1.29 is 10.2 Å². The fourth-order valence-electron chi connectivity index (χ4n) is 3.17. The molecule has 2 fully saturated rings. The van der Waals surface area contributed by atoms with Crippen LogP contribution in [0.1, 0.15) is 44.9 Å². The first-order valence-electron chi connectivity index (χ1n) is 6.84. The zero-order chi connectivity index (χ0) is 11.4. The second-order valence-electron chi connectivity index (χ2n) is 5.56. The molecule has 0 unspecified atom stereocenters. The Hall–Kier alpha value is -0.120. The predicted molar refractivity (Wildman–Crippen MR) is 64.2 cm³/mol. The molecule has 0 aromatic carbocycles. The van der Waals surface area contributed by atoms with Gasteiger partial charge >= 0.3 is 0 Å². The lowest BCUT2D eigenvalue weighted by molar-refractivity contribution is -0.0386. The van der Waals surface area contributed by atoms with Crippen LogP contribution in [0, 0.1) is 11.8 Å². The van der Waals surface area contributed by atoms with Crippen LogP contribution in [0.2, 0.25) is 0 Å². The molecule has 3 heteroatoms. The zero-order valence-corrected chi connectivity index (χ0v) is 10.1. The Morgan fingerprint density at radius 3 is 2.44 bits per heavy atom. The molecular weight excluding hydrogens is 202 g/mol. The van der Waals surface area contributed by atoms with Gasteiger partial charge in [0.2, 0.25) is 0 Å². The maximum absolute atomic E-state index is 9.88. The summed E-state index contributed by atoms with van der Waals surface area (Å²) in [4.78, 5) is 0. The van der Waals surface area contributed by atoms with Crippen molar-refractivity contribution in [1.29, 1.82) is 0 Å². The van der Waals surface area contributed by atoms with E-state index in [1.807, 2.05) is 0 Å². The molecule has 0 radical (unpaired) electrons. The van der Waals surface area contributed by atoms with E-state index in [2.05, 4.69) is 5.32 Å². The first-order valence-corrected chi connectivity index (χ1v) is 6.84. The number of hydrogen-bond acceptors (Lipinski definition) is 3. The lowest BCUT2D eigenvalue weighted by Gasteiger charge is -2.33. The highest BCUT2D eigenvalue weighted by atomic mass is 16.3. The van der Waals surface area contributed by atoms with Crippen LogP contribution in [0.15, 0.2) is 0 Å². The second-order valence-corrected chi connectivity index (χ2v) is 5.56. The van der Waals surface area contributed by atoms with Crippen molar-refractivity contribution in [2.24, 2.45) is 11.8 Å². The minimum atomic E-state index is -0.565. The summed E-state index contributed by atoms with van der Waals surface area (Å²) in [6.07, 6.45) is 8.15. The summed E-state index contributed by atoms with van der Waals surface area (Å²) >= 11 is 0. The number of aliphatic hydroxyl groups is 2. The molecule has 0 spiro atoms. The van der Waals surface area contributed by atoms with Crippen LogP contribution >= 0.6 is 0 Å². The Bertz CT molecular complexity index is 204.